The average molecular weight is 771 g/mol. The number of anilines is 2. The zero-order valence-electron chi connectivity index (χ0n) is 30.6. The first-order valence-corrected chi connectivity index (χ1v) is 19.5. The molecule has 1 fully saturated rings. The van der Waals surface area contributed by atoms with Crippen LogP contribution in [0.4, 0.5) is 11.8 Å². The number of thiophene rings is 1. The minimum atomic E-state index is -1.54. The van der Waals surface area contributed by atoms with Gasteiger partial charge in [-0.3, -0.25) is 19.9 Å². The van der Waals surface area contributed by atoms with Gasteiger partial charge in [-0.2, -0.15) is 10.2 Å². The lowest BCUT2D eigenvalue weighted by Crippen LogP contribution is -2.57. The normalized spacial score (nSPS) is 19.3. The smallest absolute Gasteiger partial charge is 0.228 e. The predicted octanol–water partition coefficient (Wildman–Crippen LogP) is 8.07. The predicted molar refractivity (Wildman–Crippen MR) is 223 cm³/mol. The number of hydrogen-bond acceptors (Lipinski definition) is 13. The number of fused-ring (bicyclic) bond motifs is 3. The van der Waals surface area contributed by atoms with Gasteiger partial charge in [0.2, 0.25) is 11.6 Å². The Morgan fingerprint density at radius 1 is 0.534 bits per heavy atom. The molecule has 276 valence electrons. The van der Waals surface area contributed by atoms with E-state index >= 15 is 0 Å². The van der Waals surface area contributed by atoms with Crippen LogP contribution in [0, 0.1) is 0 Å². The molecular formula is C45H30N12S. The zero-order valence-corrected chi connectivity index (χ0v) is 31.4. The van der Waals surface area contributed by atoms with Crippen molar-refractivity contribution in [2.24, 2.45) is 0 Å². The van der Waals surface area contributed by atoms with E-state index in [1.165, 1.54) is 0 Å². The molecule has 3 atom stereocenters. The summed E-state index contributed by atoms with van der Waals surface area (Å²) in [5.74, 6) is 0.978. The minimum absolute atomic E-state index is 0.378. The summed E-state index contributed by atoms with van der Waals surface area (Å²) in [5.41, 5.74) is 1.83. The molecule has 13 heteroatoms. The van der Waals surface area contributed by atoms with Gasteiger partial charge in [0.15, 0.2) is 0 Å². The van der Waals surface area contributed by atoms with Crippen LogP contribution >= 0.6 is 11.3 Å². The van der Waals surface area contributed by atoms with Crippen LogP contribution in [0.15, 0.2) is 177 Å². The number of rotatable bonds is 7. The van der Waals surface area contributed by atoms with Crippen molar-refractivity contribution in [3.8, 4) is 0 Å². The Hall–Kier alpha value is -7.64. The van der Waals surface area contributed by atoms with Crippen LogP contribution in [0.3, 0.4) is 0 Å². The van der Waals surface area contributed by atoms with Crippen LogP contribution < -0.4 is 9.80 Å². The van der Waals surface area contributed by atoms with Gasteiger partial charge in [0.1, 0.15) is 28.8 Å². The van der Waals surface area contributed by atoms with E-state index < -0.39 is 17.2 Å². The van der Waals surface area contributed by atoms with Crippen LogP contribution in [0.1, 0.15) is 33.7 Å². The molecule has 0 N–H and O–H groups in total. The van der Waals surface area contributed by atoms with Gasteiger partial charge >= 0.3 is 0 Å². The highest BCUT2D eigenvalue weighted by molar-refractivity contribution is 7.19. The molecule has 0 aliphatic carbocycles. The highest BCUT2D eigenvalue weighted by Gasteiger charge is 2.72. The summed E-state index contributed by atoms with van der Waals surface area (Å²) in [6, 6.07) is 41.7. The minimum Gasteiger partial charge on any atom is -0.304 e. The molecule has 1 saturated heterocycles. The topological polar surface area (TPSA) is 135 Å². The Labute approximate surface area is 335 Å². The van der Waals surface area contributed by atoms with Gasteiger partial charge in [-0.05, 0) is 72.1 Å². The molecule has 8 heterocycles. The SMILES string of the molecule is c1ccc(N2C(c3ccc4ccccc4n3)(c3cc4ccccc4s3)C(c3cccnn3)N(c3ncccn3)C2(c2cnccn2)c2cnc3ccccc3n2)nc1. The fourth-order valence-electron chi connectivity index (χ4n) is 8.46. The van der Waals surface area contributed by atoms with Crippen LogP contribution in [-0.2, 0) is 11.2 Å². The van der Waals surface area contributed by atoms with E-state index in [9.17, 15) is 0 Å². The lowest BCUT2D eigenvalue weighted by molar-refractivity contribution is 0.432. The Bertz CT molecular complexity index is 3030. The Balaban J connectivity index is 1.42. The third-order valence-corrected chi connectivity index (χ3v) is 12.0. The quantitative estimate of drug-likeness (QED) is 0.155. The molecule has 3 aromatic carbocycles. The summed E-state index contributed by atoms with van der Waals surface area (Å²) in [4.78, 5) is 46.6. The fraction of sp³-hybridized carbons (Fsp3) is 0.0667. The molecule has 58 heavy (non-hydrogen) atoms. The van der Waals surface area contributed by atoms with Crippen LogP contribution in [0.2, 0.25) is 0 Å². The highest BCUT2D eigenvalue weighted by atomic mass is 32.1. The van der Waals surface area contributed by atoms with Crippen molar-refractivity contribution in [3.05, 3.63) is 205 Å². The summed E-state index contributed by atoms with van der Waals surface area (Å²) in [7, 11) is 0. The second-order valence-corrected chi connectivity index (χ2v) is 14.9. The molecular weight excluding hydrogens is 741 g/mol. The van der Waals surface area contributed by atoms with Crippen molar-refractivity contribution in [2.75, 3.05) is 9.80 Å². The number of benzene rings is 3. The Morgan fingerprint density at radius 3 is 2.10 bits per heavy atom. The van der Waals surface area contributed by atoms with E-state index in [0.29, 0.717) is 34.4 Å². The molecule has 3 unspecified atom stereocenters. The number of aromatic nitrogens is 10. The summed E-state index contributed by atoms with van der Waals surface area (Å²) >= 11 is 1.68. The number of hydrogen-bond donors (Lipinski definition) is 0. The van der Waals surface area contributed by atoms with Crippen molar-refractivity contribution in [2.45, 2.75) is 17.2 Å². The lowest BCUT2D eigenvalue weighted by Gasteiger charge is -2.46. The van der Waals surface area contributed by atoms with Crippen molar-refractivity contribution in [1.82, 2.24) is 50.1 Å². The van der Waals surface area contributed by atoms with Gasteiger partial charge in [-0.15, -0.1) is 11.3 Å². The van der Waals surface area contributed by atoms with Gasteiger partial charge < -0.3 is 4.90 Å². The number of nitrogens with zero attached hydrogens (tertiary/aromatic N) is 12. The molecule has 0 amide bonds. The standard InChI is InChI=1S/C45H30N12S/c1-3-13-32-30(11-1)19-20-37(53-32)44(40-27-31-12-2-6-17-36(31)58-40)42(35-16-9-24-52-55-35)56(43-49-22-10-23-50-43)45(38-28-46-25-26-47-38,57(44)41-18-7-8-21-48-41)39-29-51-33-14-4-5-15-34(33)54-39/h1-29,42H. The first kappa shape index (κ1) is 33.7. The van der Waals surface area contributed by atoms with E-state index in [1.54, 1.807) is 60.8 Å². The molecule has 0 spiro atoms. The van der Waals surface area contributed by atoms with Crippen molar-refractivity contribution in [3.63, 3.8) is 0 Å². The number of para-hydroxylation sites is 3. The van der Waals surface area contributed by atoms with E-state index in [4.69, 9.17) is 45.0 Å². The molecule has 12 nitrogen and oxygen atoms in total. The Kier molecular flexibility index (Phi) is 7.86. The van der Waals surface area contributed by atoms with Crippen LogP contribution in [0.25, 0.3) is 32.0 Å². The summed E-state index contributed by atoms with van der Waals surface area (Å²) in [5, 5.41) is 11.5. The van der Waals surface area contributed by atoms with Crippen LogP contribution in [0.5, 0.6) is 0 Å². The van der Waals surface area contributed by atoms with Crippen molar-refractivity contribution < 1.29 is 0 Å². The largest absolute Gasteiger partial charge is 0.304 e. The second-order valence-electron chi connectivity index (χ2n) is 13.8. The molecule has 1 aliphatic rings. The first-order chi connectivity index (χ1) is 28.8. The third kappa shape index (κ3) is 5.00. The summed E-state index contributed by atoms with van der Waals surface area (Å²) < 4.78 is 1.10. The maximum Gasteiger partial charge on any atom is 0.228 e. The lowest BCUT2D eigenvalue weighted by atomic mass is 9.81. The monoisotopic (exact) mass is 770 g/mol. The molecule has 7 aromatic heterocycles. The van der Waals surface area contributed by atoms with Crippen LogP contribution in [-0.4, -0.2) is 50.1 Å². The first-order valence-electron chi connectivity index (χ1n) is 18.7. The summed E-state index contributed by atoms with van der Waals surface area (Å²) in [6.45, 7) is 0. The maximum atomic E-state index is 5.61. The van der Waals surface area contributed by atoms with Gasteiger partial charge in [-0.1, -0.05) is 60.7 Å². The third-order valence-electron chi connectivity index (χ3n) is 10.7. The van der Waals surface area contributed by atoms with Gasteiger partial charge in [-0.25, -0.2) is 24.9 Å². The van der Waals surface area contributed by atoms with E-state index in [0.717, 1.165) is 37.1 Å². The van der Waals surface area contributed by atoms with E-state index in [2.05, 4.69) is 63.4 Å². The Morgan fingerprint density at radius 2 is 1.31 bits per heavy atom. The van der Waals surface area contributed by atoms with Gasteiger partial charge in [0.25, 0.3) is 0 Å². The molecule has 11 rings (SSSR count). The van der Waals surface area contributed by atoms with Crippen molar-refractivity contribution in [1.29, 1.82) is 0 Å². The molecule has 0 radical (unpaired) electrons. The zero-order chi connectivity index (χ0) is 38.5. The van der Waals surface area contributed by atoms with Gasteiger partial charge in [0.05, 0.1) is 40.3 Å². The molecule has 0 bridgehead atoms. The molecule has 10 aromatic rings. The van der Waals surface area contributed by atoms with E-state index in [-0.39, 0.29) is 0 Å². The summed E-state index contributed by atoms with van der Waals surface area (Å²) in [6.07, 6.45) is 13.9. The van der Waals surface area contributed by atoms with Crippen molar-refractivity contribution >= 4 is 55.1 Å². The second kappa shape index (κ2) is 13.5. The van der Waals surface area contributed by atoms with Gasteiger partial charge in [0, 0.05) is 52.1 Å². The molecule has 1 aliphatic heterocycles. The molecule has 0 saturated carbocycles. The maximum absolute atomic E-state index is 5.61. The highest BCUT2D eigenvalue weighted by Crippen LogP contribution is 2.65. The average Bonchev–Trinajstić information content (AvgIpc) is 3.87. The van der Waals surface area contributed by atoms with E-state index in [1.807, 2.05) is 79.0 Å². The fourth-order valence-corrected chi connectivity index (χ4v) is 9.74. The number of pyridine rings is 2.